The first-order valence-corrected chi connectivity index (χ1v) is 10.3. The van der Waals surface area contributed by atoms with Crippen molar-refractivity contribution in [3.05, 3.63) is 27.7 Å². The topological polar surface area (TPSA) is 80.3 Å². The number of hydrogen-bond acceptors (Lipinski definition) is 4. The maximum Gasteiger partial charge on any atom is 0.262 e. The molecule has 0 saturated carbocycles. The van der Waals surface area contributed by atoms with E-state index in [1.165, 1.54) is 12.3 Å². The van der Waals surface area contributed by atoms with Gasteiger partial charge in [-0.05, 0) is 19.1 Å². The molecule has 1 aromatic carbocycles. The molecule has 0 saturated heterocycles. The van der Waals surface area contributed by atoms with Crippen LogP contribution in [0, 0.1) is 0 Å². The lowest BCUT2D eigenvalue weighted by molar-refractivity contribution is 0.0954. The number of halogens is 3. The Morgan fingerprint density at radius 3 is 2.43 bits per heavy atom. The van der Waals surface area contributed by atoms with E-state index in [9.17, 15) is 17.4 Å². The summed E-state index contributed by atoms with van der Waals surface area (Å²) in [5, 5.41) is 1.95. The maximum atomic E-state index is 12.0. The van der Waals surface area contributed by atoms with Gasteiger partial charge in [0.05, 0.1) is 10.6 Å². The third-order valence-corrected chi connectivity index (χ3v) is 6.01. The Morgan fingerprint density at radius 1 is 1.38 bits per heavy atom. The monoisotopic (exact) mass is 391 g/mol. The van der Waals surface area contributed by atoms with Gasteiger partial charge < -0.3 is 5.32 Å². The molecule has 21 heavy (non-hydrogen) atoms. The van der Waals surface area contributed by atoms with Gasteiger partial charge >= 0.3 is 0 Å². The van der Waals surface area contributed by atoms with Gasteiger partial charge in [-0.3, -0.25) is 9.00 Å². The number of hydrogen-bond donors (Lipinski definition) is 1. The molecule has 118 valence electrons. The summed E-state index contributed by atoms with van der Waals surface area (Å²) in [5.41, 5.74) is -0.113. The van der Waals surface area contributed by atoms with E-state index in [1.807, 2.05) is 0 Å². The van der Waals surface area contributed by atoms with Crippen LogP contribution in [0.15, 0.2) is 17.0 Å². The number of carbonyl (C=O) groups excluding carboxylic acids is 1. The van der Waals surface area contributed by atoms with Crippen molar-refractivity contribution in [2.45, 2.75) is 17.1 Å². The molecule has 0 aliphatic carbocycles. The van der Waals surface area contributed by atoms with Crippen molar-refractivity contribution < 1.29 is 17.4 Å². The van der Waals surface area contributed by atoms with Gasteiger partial charge in [0.15, 0.2) is 0 Å². The Kier molecular flexibility index (Phi) is 6.49. The Balaban J connectivity index is 3.11. The number of carbonyl (C=O) groups is 1. The van der Waals surface area contributed by atoms with Gasteiger partial charge in [0.2, 0.25) is 0 Å². The minimum Gasteiger partial charge on any atom is -0.351 e. The molecule has 5 nitrogen and oxygen atoms in total. The summed E-state index contributed by atoms with van der Waals surface area (Å²) < 4.78 is 34.0. The highest BCUT2D eigenvalue weighted by Gasteiger charge is 2.22. The van der Waals surface area contributed by atoms with Crippen LogP contribution in [-0.4, -0.2) is 36.6 Å². The van der Waals surface area contributed by atoms with Gasteiger partial charge in [-0.2, -0.15) is 0 Å². The summed E-state index contributed by atoms with van der Waals surface area (Å²) >= 11 is 11.7. The minimum atomic E-state index is -4.13. The van der Waals surface area contributed by atoms with Crippen LogP contribution in [-0.2, 0) is 19.9 Å². The third kappa shape index (κ3) is 5.10. The van der Waals surface area contributed by atoms with E-state index in [2.05, 4.69) is 5.32 Å². The molecule has 0 aliphatic heterocycles. The average molecular weight is 393 g/mol. The molecule has 2 atom stereocenters. The van der Waals surface area contributed by atoms with E-state index in [0.717, 1.165) is 6.07 Å². The second kappa shape index (κ2) is 7.28. The fraction of sp³-hybridized carbons (Fsp3) is 0.364. The summed E-state index contributed by atoms with van der Waals surface area (Å²) in [7, 11) is 0.00712. The molecular formula is C11H12Cl3NO4S2. The Bertz CT molecular complexity index is 691. The molecule has 0 bridgehead atoms. The van der Waals surface area contributed by atoms with Gasteiger partial charge in [-0.25, -0.2) is 8.42 Å². The van der Waals surface area contributed by atoms with Crippen LogP contribution in [0.5, 0.6) is 0 Å². The van der Waals surface area contributed by atoms with E-state index in [4.69, 9.17) is 33.9 Å². The lowest BCUT2D eigenvalue weighted by atomic mass is 10.2. The molecule has 0 fully saturated rings. The van der Waals surface area contributed by atoms with E-state index in [-0.39, 0.29) is 27.4 Å². The van der Waals surface area contributed by atoms with Gasteiger partial charge in [0.25, 0.3) is 15.0 Å². The molecular weight excluding hydrogens is 381 g/mol. The quantitative estimate of drug-likeness (QED) is 0.780. The predicted octanol–water partition coefficient (Wildman–Crippen LogP) is 2.42. The van der Waals surface area contributed by atoms with Crippen LogP contribution in [0.1, 0.15) is 17.3 Å². The number of benzene rings is 1. The van der Waals surface area contributed by atoms with E-state index < -0.39 is 30.7 Å². The number of rotatable bonds is 5. The van der Waals surface area contributed by atoms with E-state index in [0.29, 0.717) is 0 Å². The second-order valence-electron chi connectivity index (χ2n) is 4.22. The van der Waals surface area contributed by atoms with Gasteiger partial charge in [-0.15, -0.1) is 0 Å². The molecule has 0 aliphatic rings. The zero-order valence-electron chi connectivity index (χ0n) is 11.0. The molecule has 0 aromatic heterocycles. The van der Waals surface area contributed by atoms with Crippen molar-refractivity contribution in [1.29, 1.82) is 0 Å². The molecule has 2 unspecified atom stereocenters. The van der Waals surface area contributed by atoms with Crippen molar-refractivity contribution in [3.8, 4) is 0 Å². The summed E-state index contributed by atoms with van der Waals surface area (Å²) in [6.07, 6.45) is 1.52. The molecule has 1 amide bonds. The SMILES string of the molecule is CC(CNC(=O)c1cc(Cl)cc(S(=O)(=O)Cl)c1Cl)S(C)=O. The van der Waals surface area contributed by atoms with Gasteiger partial charge in [0, 0.05) is 44.6 Å². The van der Waals surface area contributed by atoms with Crippen LogP contribution in [0.25, 0.3) is 0 Å². The summed E-state index contributed by atoms with van der Waals surface area (Å²) in [6, 6.07) is 2.30. The first kappa shape index (κ1) is 18.7. The fourth-order valence-corrected chi connectivity index (χ4v) is 3.53. The van der Waals surface area contributed by atoms with Crippen molar-refractivity contribution in [2.24, 2.45) is 0 Å². The number of amides is 1. The van der Waals surface area contributed by atoms with Crippen LogP contribution < -0.4 is 5.32 Å². The highest BCUT2D eigenvalue weighted by atomic mass is 35.7. The average Bonchev–Trinajstić information content (AvgIpc) is 2.36. The van der Waals surface area contributed by atoms with Crippen LogP contribution >= 0.6 is 33.9 Å². The molecule has 1 N–H and O–H groups in total. The van der Waals surface area contributed by atoms with Crippen molar-refractivity contribution in [3.63, 3.8) is 0 Å². The highest BCUT2D eigenvalue weighted by Crippen LogP contribution is 2.31. The van der Waals surface area contributed by atoms with Crippen molar-refractivity contribution in [1.82, 2.24) is 5.32 Å². The van der Waals surface area contributed by atoms with Crippen molar-refractivity contribution in [2.75, 3.05) is 12.8 Å². The summed E-state index contributed by atoms with van der Waals surface area (Å²) in [5.74, 6) is -0.624. The lowest BCUT2D eigenvalue weighted by Crippen LogP contribution is -2.32. The summed E-state index contributed by atoms with van der Waals surface area (Å²) in [6.45, 7) is 1.85. The Hall–Kier alpha value is -0.340. The molecule has 10 heteroatoms. The minimum absolute atomic E-state index is 0.0101. The standard InChI is InChI=1S/C11H12Cl3NO4S2/c1-6(20(2)17)5-15-11(16)8-3-7(12)4-9(10(8)13)21(14,18)19/h3-4,6H,5H2,1-2H3,(H,15,16). The van der Waals surface area contributed by atoms with Crippen LogP contribution in [0.3, 0.4) is 0 Å². The number of nitrogens with one attached hydrogen (secondary N) is 1. The first-order valence-electron chi connectivity index (χ1n) is 5.58. The zero-order chi connectivity index (χ0) is 16.4. The smallest absolute Gasteiger partial charge is 0.262 e. The molecule has 0 spiro atoms. The van der Waals surface area contributed by atoms with Gasteiger partial charge in [-0.1, -0.05) is 23.2 Å². The van der Waals surface area contributed by atoms with E-state index >= 15 is 0 Å². The first-order chi connectivity index (χ1) is 9.54. The third-order valence-electron chi connectivity index (χ3n) is 2.63. The Morgan fingerprint density at radius 2 is 1.95 bits per heavy atom. The summed E-state index contributed by atoms with van der Waals surface area (Å²) in [4.78, 5) is 11.6. The Labute approximate surface area is 139 Å². The molecule has 0 radical (unpaired) electrons. The van der Waals surface area contributed by atoms with Crippen LogP contribution in [0.2, 0.25) is 10.0 Å². The molecule has 1 aromatic rings. The normalized spacial score (nSPS) is 14.5. The molecule has 1 rings (SSSR count). The highest BCUT2D eigenvalue weighted by molar-refractivity contribution is 8.13. The molecule has 0 heterocycles. The van der Waals surface area contributed by atoms with Crippen molar-refractivity contribution >= 4 is 59.6 Å². The maximum absolute atomic E-state index is 12.0. The predicted molar refractivity (Wildman–Crippen MR) is 85.4 cm³/mol. The van der Waals surface area contributed by atoms with Crippen LogP contribution in [0.4, 0.5) is 0 Å². The van der Waals surface area contributed by atoms with E-state index in [1.54, 1.807) is 6.92 Å². The van der Waals surface area contributed by atoms with Gasteiger partial charge in [0.1, 0.15) is 4.90 Å². The fourth-order valence-electron chi connectivity index (χ4n) is 1.36. The largest absolute Gasteiger partial charge is 0.351 e. The second-order valence-corrected chi connectivity index (χ2v) is 9.37. The zero-order valence-corrected chi connectivity index (χ0v) is 14.9. The lowest BCUT2D eigenvalue weighted by Gasteiger charge is -2.12.